The molecule has 10 heavy (non-hydrogen) atoms. The largest absolute Gasteiger partial charge is 0.393 e. The van der Waals surface area contributed by atoms with E-state index in [2.05, 4.69) is 0 Å². The van der Waals surface area contributed by atoms with Crippen molar-refractivity contribution in [3.63, 3.8) is 0 Å². The lowest BCUT2D eigenvalue weighted by Gasteiger charge is -2.26. The van der Waals surface area contributed by atoms with E-state index in [9.17, 15) is 5.11 Å². The fourth-order valence-corrected chi connectivity index (χ4v) is 2.78. The van der Waals surface area contributed by atoms with Gasteiger partial charge in [0.1, 0.15) is 0 Å². The Morgan fingerprint density at radius 2 is 1.60 bits per heavy atom. The average Bonchev–Trinajstić information content (AvgIpc) is 2.48. The van der Waals surface area contributed by atoms with Crippen molar-refractivity contribution in [1.29, 1.82) is 0 Å². The highest BCUT2D eigenvalue weighted by atomic mass is 16.3. The first-order chi connectivity index (χ1) is 4.83. The summed E-state index contributed by atoms with van der Waals surface area (Å²) in [5.41, 5.74) is 0.403. The summed E-state index contributed by atoms with van der Waals surface area (Å²) >= 11 is 0. The minimum Gasteiger partial charge on any atom is -0.393 e. The van der Waals surface area contributed by atoms with Crippen LogP contribution >= 0.6 is 0 Å². The van der Waals surface area contributed by atoms with Crippen molar-refractivity contribution in [2.24, 2.45) is 5.41 Å². The van der Waals surface area contributed by atoms with Crippen LogP contribution in [0.2, 0.25) is 0 Å². The highest BCUT2D eigenvalue weighted by Crippen LogP contribution is 2.50. The van der Waals surface area contributed by atoms with Crippen LogP contribution in [0.1, 0.15) is 44.9 Å². The Morgan fingerprint density at radius 3 is 2.10 bits per heavy atom. The summed E-state index contributed by atoms with van der Waals surface area (Å²) in [6, 6.07) is 0. The molecule has 0 aromatic rings. The molecular weight excluding hydrogens is 124 g/mol. The van der Waals surface area contributed by atoms with Crippen LogP contribution in [0.15, 0.2) is 0 Å². The molecule has 1 heteroatoms. The minimum atomic E-state index is 0.0509. The lowest BCUT2D eigenvalue weighted by Crippen LogP contribution is -2.25. The van der Waals surface area contributed by atoms with E-state index in [0.29, 0.717) is 5.41 Å². The maximum atomic E-state index is 9.68. The number of rotatable bonds is 0. The molecule has 0 unspecified atom stereocenters. The summed E-state index contributed by atoms with van der Waals surface area (Å²) in [4.78, 5) is 0. The quantitative estimate of drug-likeness (QED) is 0.546. The molecule has 1 spiro atoms. The molecule has 0 aliphatic heterocycles. The number of aliphatic hydroxyl groups excluding tert-OH is 1. The zero-order chi connectivity index (χ0) is 7.03. The van der Waals surface area contributed by atoms with Gasteiger partial charge in [0.25, 0.3) is 0 Å². The van der Waals surface area contributed by atoms with E-state index in [-0.39, 0.29) is 6.10 Å². The number of aliphatic hydroxyl groups is 1. The van der Waals surface area contributed by atoms with Gasteiger partial charge in [0, 0.05) is 0 Å². The van der Waals surface area contributed by atoms with Gasteiger partial charge in [-0.05, 0) is 31.1 Å². The Kier molecular flexibility index (Phi) is 1.48. The Hall–Kier alpha value is -0.0400. The lowest BCUT2D eigenvalue weighted by molar-refractivity contribution is 0.0577. The molecule has 0 radical (unpaired) electrons. The van der Waals surface area contributed by atoms with Crippen LogP contribution in [0.25, 0.3) is 0 Å². The predicted molar refractivity (Wildman–Crippen MR) is 40.8 cm³/mol. The molecule has 0 bridgehead atoms. The molecule has 1 atom stereocenters. The van der Waals surface area contributed by atoms with Crippen molar-refractivity contribution < 1.29 is 5.11 Å². The minimum absolute atomic E-state index is 0.0509. The molecule has 2 saturated carbocycles. The summed E-state index contributed by atoms with van der Waals surface area (Å²) in [5, 5.41) is 9.68. The highest BCUT2D eigenvalue weighted by molar-refractivity contribution is 4.94. The lowest BCUT2D eigenvalue weighted by atomic mass is 9.83. The van der Waals surface area contributed by atoms with Crippen LogP contribution in [0.3, 0.4) is 0 Å². The zero-order valence-electron chi connectivity index (χ0n) is 6.47. The number of hydrogen-bond acceptors (Lipinski definition) is 1. The van der Waals surface area contributed by atoms with E-state index in [1.807, 2.05) is 0 Å². The van der Waals surface area contributed by atoms with E-state index in [4.69, 9.17) is 0 Å². The molecule has 58 valence electrons. The normalized spacial score (nSPS) is 37.5. The van der Waals surface area contributed by atoms with Crippen LogP contribution < -0.4 is 0 Å². The van der Waals surface area contributed by atoms with Crippen molar-refractivity contribution in [3.8, 4) is 0 Å². The fourth-order valence-electron chi connectivity index (χ4n) is 2.78. The molecule has 0 aromatic carbocycles. The molecule has 0 aromatic heterocycles. The molecule has 0 amide bonds. The van der Waals surface area contributed by atoms with Gasteiger partial charge in [-0.25, -0.2) is 0 Å². The van der Waals surface area contributed by atoms with Gasteiger partial charge in [0.15, 0.2) is 0 Å². The van der Waals surface area contributed by atoms with E-state index in [0.717, 1.165) is 6.42 Å². The van der Waals surface area contributed by atoms with Gasteiger partial charge < -0.3 is 5.11 Å². The third-order valence-electron chi connectivity index (χ3n) is 3.46. The smallest absolute Gasteiger partial charge is 0.0596 e. The first-order valence-electron chi connectivity index (χ1n) is 4.52. The predicted octanol–water partition coefficient (Wildman–Crippen LogP) is 2.09. The highest BCUT2D eigenvalue weighted by Gasteiger charge is 2.43. The van der Waals surface area contributed by atoms with E-state index in [1.54, 1.807) is 0 Å². The monoisotopic (exact) mass is 140 g/mol. The van der Waals surface area contributed by atoms with Gasteiger partial charge in [-0.1, -0.05) is 19.3 Å². The SMILES string of the molecule is O[C@@H]1CCCC12CCCC2. The summed E-state index contributed by atoms with van der Waals surface area (Å²) in [5.74, 6) is 0. The van der Waals surface area contributed by atoms with Crippen molar-refractivity contribution in [1.82, 2.24) is 0 Å². The van der Waals surface area contributed by atoms with E-state index >= 15 is 0 Å². The van der Waals surface area contributed by atoms with Crippen molar-refractivity contribution in [2.75, 3.05) is 0 Å². The van der Waals surface area contributed by atoms with Crippen LogP contribution in [0, 0.1) is 5.41 Å². The Labute approximate surface area is 62.4 Å². The molecule has 0 saturated heterocycles. The second-order valence-corrected chi connectivity index (χ2v) is 3.98. The third kappa shape index (κ3) is 0.800. The fraction of sp³-hybridized carbons (Fsp3) is 1.00. The first kappa shape index (κ1) is 6.66. The second-order valence-electron chi connectivity index (χ2n) is 3.98. The molecule has 2 aliphatic carbocycles. The number of hydrogen-bond donors (Lipinski definition) is 1. The van der Waals surface area contributed by atoms with E-state index in [1.165, 1.54) is 38.5 Å². The van der Waals surface area contributed by atoms with Gasteiger partial charge in [-0.15, -0.1) is 0 Å². The molecule has 1 nitrogen and oxygen atoms in total. The van der Waals surface area contributed by atoms with Crippen LogP contribution in [0.4, 0.5) is 0 Å². The molecule has 2 fully saturated rings. The molecule has 1 N–H and O–H groups in total. The van der Waals surface area contributed by atoms with Gasteiger partial charge in [-0.3, -0.25) is 0 Å². The average molecular weight is 140 g/mol. The second kappa shape index (κ2) is 2.23. The maximum Gasteiger partial charge on any atom is 0.0596 e. The Bertz CT molecular complexity index is 119. The van der Waals surface area contributed by atoms with Gasteiger partial charge in [0.2, 0.25) is 0 Å². The van der Waals surface area contributed by atoms with Gasteiger partial charge >= 0.3 is 0 Å². The van der Waals surface area contributed by atoms with Crippen molar-refractivity contribution in [2.45, 2.75) is 51.0 Å². The molecule has 0 heterocycles. The van der Waals surface area contributed by atoms with E-state index < -0.39 is 0 Å². The Balaban J connectivity index is 2.11. The summed E-state index contributed by atoms with van der Waals surface area (Å²) in [6.45, 7) is 0. The standard InChI is InChI=1S/C9H16O/c10-8-4-3-7-9(8)5-1-2-6-9/h8,10H,1-7H2/t8-/m1/s1. The molecule has 2 aliphatic rings. The summed E-state index contributed by atoms with van der Waals surface area (Å²) in [6.07, 6.45) is 9.00. The molecular formula is C9H16O. The maximum absolute atomic E-state index is 9.68. The van der Waals surface area contributed by atoms with Crippen molar-refractivity contribution in [3.05, 3.63) is 0 Å². The summed E-state index contributed by atoms with van der Waals surface area (Å²) in [7, 11) is 0. The van der Waals surface area contributed by atoms with Gasteiger partial charge in [0.05, 0.1) is 6.10 Å². The first-order valence-corrected chi connectivity index (χ1v) is 4.52. The van der Waals surface area contributed by atoms with Gasteiger partial charge in [-0.2, -0.15) is 0 Å². The summed E-state index contributed by atoms with van der Waals surface area (Å²) < 4.78 is 0. The third-order valence-corrected chi connectivity index (χ3v) is 3.46. The van der Waals surface area contributed by atoms with Crippen LogP contribution in [-0.4, -0.2) is 11.2 Å². The van der Waals surface area contributed by atoms with Crippen LogP contribution in [-0.2, 0) is 0 Å². The van der Waals surface area contributed by atoms with Crippen LogP contribution in [0.5, 0.6) is 0 Å². The van der Waals surface area contributed by atoms with Crippen molar-refractivity contribution >= 4 is 0 Å². The zero-order valence-corrected chi connectivity index (χ0v) is 6.47. The Morgan fingerprint density at radius 1 is 1.00 bits per heavy atom. The topological polar surface area (TPSA) is 20.2 Å². The molecule has 2 rings (SSSR count).